The molecule has 0 aromatic carbocycles. The number of carbonyl (C=O) groups is 3. The van der Waals surface area contributed by atoms with Crippen LogP contribution in [0.3, 0.4) is 0 Å². The van der Waals surface area contributed by atoms with E-state index < -0.39 is 0 Å². The van der Waals surface area contributed by atoms with Gasteiger partial charge in [0.15, 0.2) is 0 Å². The van der Waals surface area contributed by atoms with Crippen LogP contribution in [0, 0.1) is 17.8 Å². The highest BCUT2D eigenvalue weighted by molar-refractivity contribution is 6.05. The van der Waals surface area contributed by atoms with E-state index in [4.69, 9.17) is 0 Å². The Balaban J connectivity index is 1.54. The van der Waals surface area contributed by atoms with Gasteiger partial charge in [0, 0.05) is 26.1 Å². The minimum absolute atomic E-state index is 0.0326. The van der Waals surface area contributed by atoms with Gasteiger partial charge >= 0.3 is 0 Å². The Bertz CT molecular complexity index is 445. The normalized spacial score (nSPS) is 29.9. The standard InChI is InChI=1S/C17H26N2O3/c1-12-6-9-18(10-7-12)15(20)8-11-19-16(21)13-4-2-3-5-14(13)17(19)22/h12-14H,2-11H2,1H3/t13-,14-/m0/s1. The van der Waals surface area contributed by atoms with E-state index in [1.165, 1.54) is 4.90 Å². The molecule has 0 radical (unpaired) electrons. The highest BCUT2D eigenvalue weighted by Crippen LogP contribution is 2.38. The first kappa shape index (κ1) is 15.5. The smallest absolute Gasteiger partial charge is 0.233 e. The number of carbonyl (C=O) groups excluding carboxylic acids is 3. The molecule has 0 spiro atoms. The number of nitrogens with zero attached hydrogens (tertiary/aromatic N) is 2. The molecule has 3 amide bonds. The van der Waals surface area contributed by atoms with Crippen LogP contribution < -0.4 is 0 Å². The molecule has 3 rings (SSSR count). The van der Waals surface area contributed by atoms with Gasteiger partial charge in [-0.2, -0.15) is 0 Å². The number of hydrogen-bond acceptors (Lipinski definition) is 3. The van der Waals surface area contributed by atoms with Crippen molar-refractivity contribution in [1.29, 1.82) is 0 Å². The third kappa shape index (κ3) is 2.90. The molecular weight excluding hydrogens is 280 g/mol. The molecule has 122 valence electrons. The van der Waals surface area contributed by atoms with E-state index >= 15 is 0 Å². The fourth-order valence-electron chi connectivity index (χ4n) is 4.07. The van der Waals surface area contributed by atoms with E-state index in [9.17, 15) is 14.4 Å². The van der Waals surface area contributed by atoms with Crippen molar-refractivity contribution >= 4 is 17.7 Å². The first-order valence-electron chi connectivity index (χ1n) is 8.71. The van der Waals surface area contributed by atoms with Gasteiger partial charge in [0.2, 0.25) is 17.7 Å². The van der Waals surface area contributed by atoms with Gasteiger partial charge in [-0.3, -0.25) is 19.3 Å². The van der Waals surface area contributed by atoms with Gasteiger partial charge in [-0.1, -0.05) is 19.8 Å². The quantitative estimate of drug-likeness (QED) is 0.747. The molecule has 0 N–H and O–H groups in total. The molecule has 2 aliphatic heterocycles. The lowest BCUT2D eigenvalue weighted by Crippen LogP contribution is -2.40. The van der Waals surface area contributed by atoms with Gasteiger partial charge in [-0.05, 0) is 31.6 Å². The SMILES string of the molecule is CC1CCN(C(=O)CCN2C(=O)[C@H]3CCCC[C@@H]3C2=O)CC1. The Hall–Kier alpha value is -1.39. The predicted octanol–water partition coefficient (Wildman–Crippen LogP) is 1.81. The van der Waals surface area contributed by atoms with E-state index in [1.54, 1.807) is 0 Å². The second-order valence-electron chi connectivity index (χ2n) is 7.14. The van der Waals surface area contributed by atoms with Crippen LogP contribution >= 0.6 is 0 Å². The van der Waals surface area contributed by atoms with E-state index in [-0.39, 0.29) is 42.5 Å². The van der Waals surface area contributed by atoms with Gasteiger partial charge < -0.3 is 4.90 Å². The third-order valence-electron chi connectivity index (χ3n) is 5.62. The maximum absolute atomic E-state index is 12.4. The summed E-state index contributed by atoms with van der Waals surface area (Å²) in [5.41, 5.74) is 0. The van der Waals surface area contributed by atoms with Crippen LogP contribution in [-0.4, -0.2) is 47.2 Å². The summed E-state index contributed by atoms with van der Waals surface area (Å²) in [6.45, 7) is 4.11. The summed E-state index contributed by atoms with van der Waals surface area (Å²) in [6.07, 6.45) is 6.14. The summed E-state index contributed by atoms with van der Waals surface area (Å²) < 4.78 is 0. The van der Waals surface area contributed by atoms with Crippen LogP contribution in [-0.2, 0) is 14.4 Å². The van der Waals surface area contributed by atoms with Crippen molar-refractivity contribution in [1.82, 2.24) is 9.80 Å². The molecule has 2 saturated heterocycles. The number of likely N-dealkylation sites (tertiary alicyclic amines) is 2. The largest absolute Gasteiger partial charge is 0.343 e. The molecule has 3 aliphatic rings. The summed E-state index contributed by atoms with van der Waals surface area (Å²) in [5.74, 6) is 0.500. The molecule has 5 heteroatoms. The van der Waals surface area contributed by atoms with Crippen molar-refractivity contribution in [2.24, 2.45) is 17.8 Å². The Morgan fingerprint density at radius 1 is 1.00 bits per heavy atom. The zero-order valence-electron chi connectivity index (χ0n) is 13.4. The molecule has 2 heterocycles. The maximum atomic E-state index is 12.4. The molecule has 5 nitrogen and oxygen atoms in total. The van der Waals surface area contributed by atoms with Crippen molar-refractivity contribution < 1.29 is 14.4 Å². The summed E-state index contributed by atoms with van der Waals surface area (Å²) >= 11 is 0. The maximum Gasteiger partial charge on any atom is 0.233 e. The molecule has 1 saturated carbocycles. The molecule has 0 unspecified atom stereocenters. The number of fused-ring (bicyclic) bond motifs is 1. The molecular formula is C17H26N2O3. The van der Waals surface area contributed by atoms with E-state index in [1.807, 2.05) is 4.90 Å². The lowest BCUT2D eigenvalue weighted by atomic mass is 9.81. The van der Waals surface area contributed by atoms with Crippen LogP contribution in [0.15, 0.2) is 0 Å². The van der Waals surface area contributed by atoms with Crippen LogP contribution in [0.1, 0.15) is 51.9 Å². The second kappa shape index (κ2) is 6.39. The fourth-order valence-corrected chi connectivity index (χ4v) is 4.07. The fraction of sp³-hybridized carbons (Fsp3) is 0.824. The summed E-state index contributed by atoms with van der Waals surface area (Å²) in [4.78, 5) is 40.2. The van der Waals surface area contributed by atoms with Crippen LogP contribution in [0.25, 0.3) is 0 Å². The topological polar surface area (TPSA) is 57.7 Å². The highest BCUT2D eigenvalue weighted by atomic mass is 16.2. The number of piperidine rings is 1. The second-order valence-corrected chi connectivity index (χ2v) is 7.14. The van der Waals surface area contributed by atoms with Gasteiger partial charge in [-0.15, -0.1) is 0 Å². The molecule has 22 heavy (non-hydrogen) atoms. The number of amides is 3. The summed E-state index contributed by atoms with van der Waals surface area (Å²) in [6, 6.07) is 0. The molecule has 1 aliphatic carbocycles. The lowest BCUT2D eigenvalue weighted by Gasteiger charge is -2.30. The molecule has 0 aromatic rings. The molecule has 2 atom stereocenters. The predicted molar refractivity (Wildman–Crippen MR) is 81.8 cm³/mol. The number of imide groups is 1. The van der Waals surface area contributed by atoms with Gasteiger partial charge in [0.25, 0.3) is 0 Å². The minimum Gasteiger partial charge on any atom is -0.343 e. The first-order valence-corrected chi connectivity index (χ1v) is 8.71. The van der Waals surface area contributed by atoms with Crippen molar-refractivity contribution in [3.05, 3.63) is 0 Å². The van der Waals surface area contributed by atoms with Crippen molar-refractivity contribution in [2.75, 3.05) is 19.6 Å². The summed E-state index contributed by atoms with van der Waals surface area (Å²) in [5, 5.41) is 0. The van der Waals surface area contributed by atoms with Crippen LogP contribution in [0.2, 0.25) is 0 Å². The highest BCUT2D eigenvalue weighted by Gasteiger charge is 2.47. The summed E-state index contributed by atoms with van der Waals surface area (Å²) in [7, 11) is 0. The zero-order valence-corrected chi connectivity index (χ0v) is 13.4. The van der Waals surface area contributed by atoms with E-state index in [0.717, 1.165) is 51.6 Å². The zero-order chi connectivity index (χ0) is 15.7. The monoisotopic (exact) mass is 306 g/mol. The first-order chi connectivity index (χ1) is 10.6. The number of hydrogen-bond donors (Lipinski definition) is 0. The Kier molecular flexibility index (Phi) is 4.50. The van der Waals surface area contributed by atoms with Gasteiger partial charge in [0.05, 0.1) is 11.8 Å². The van der Waals surface area contributed by atoms with Crippen LogP contribution in [0.5, 0.6) is 0 Å². The number of rotatable bonds is 3. The molecule has 0 aromatic heterocycles. The Labute approximate surface area is 132 Å². The Morgan fingerprint density at radius 3 is 2.09 bits per heavy atom. The third-order valence-corrected chi connectivity index (χ3v) is 5.62. The van der Waals surface area contributed by atoms with E-state index in [0.29, 0.717) is 5.92 Å². The van der Waals surface area contributed by atoms with Crippen molar-refractivity contribution in [3.63, 3.8) is 0 Å². The average molecular weight is 306 g/mol. The van der Waals surface area contributed by atoms with Crippen LogP contribution in [0.4, 0.5) is 0 Å². The molecule has 0 bridgehead atoms. The Morgan fingerprint density at radius 2 is 1.55 bits per heavy atom. The van der Waals surface area contributed by atoms with Gasteiger partial charge in [-0.25, -0.2) is 0 Å². The minimum atomic E-state index is -0.104. The lowest BCUT2D eigenvalue weighted by molar-refractivity contribution is -0.141. The van der Waals surface area contributed by atoms with Crippen molar-refractivity contribution in [2.45, 2.75) is 51.9 Å². The average Bonchev–Trinajstić information content (AvgIpc) is 2.78. The molecule has 3 fully saturated rings. The van der Waals surface area contributed by atoms with Crippen molar-refractivity contribution in [3.8, 4) is 0 Å². The van der Waals surface area contributed by atoms with E-state index in [2.05, 4.69) is 6.92 Å². The van der Waals surface area contributed by atoms with Gasteiger partial charge in [0.1, 0.15) is 0 Å².